The molecule has 0 radical (unpaired) electrons. The molecule has 1 atom stereocenters. The van der Waals surface area contributed by atoms with Crippen molar-refractivity contribution in [1.82, 2.24) is 19.8 Å². The topological polar surface area (TPSA) is 75.6 Å². The van der Waals surface area contributed by atoms with Gasteiger partial charge in [0, 0.05) is 50.1 Å². The van der Waals surface area contributed by atoms with Gasteiger partial charge in [0.15, 0.2) is 5.82 Å². The van der Waals surface area contributed by atoms with E-state index in [1.54, 1.807) is 18.9 Å². The average molecular weight is 409 g/mol. The number of aromatic nitrogens is 2. The van der Waals surface area contributed by atoms with E-state index in [9.17, 15) is 9.59 Å². The van der Waals surface area contributed by atoms with Crippen molar-refractivity contribution in [2.24, 2.45) is 5.92 Å². The van der Waals surface area contributed by atoms with E-state index in [1.807, 2.05) is 35.2 Å². The number of aryl methyl sites for hydroxylation is 1. The van der Waals surface area contributed by atoms with Gasteiger partial charge in [-0.3, -0.25) is 9.59 Å². The van der Waals surface area contributed by atoms with Crippen molar-refractivity contribution < 1.29 is 14.3 Å². The van der Waals surface area contributed by atoms with Crippen LogP contribution in [-0.2, 0) is 22.4 Å². The summed E-state index contributed by atoms with van der Waals surface area (Å²) in [5.74, 6) is 1.51. The molecular weight excluding hydrogens is 380 g/mol. The lowest BCUT2D eigenvalue weighted by atomic mass is 9.97. The minimum atomic E-state index is -0.0343. The molecule has 158 valence electrons. The minimum absolute atomic E-state index is 0.0343. The van der Waals surface area contributed by atoms with Gasteiger partial charge in [0.1, 0.15) is 0 Å². The van der Waals surface area contributed by atoms with Gasteiger partial charge >= 0.3 is 0 Å². The lowest BCUT2D eigenvalue weighted by molar-refractivity contribution is -0.141. The summed E-state index contributed by atoms with van der Waals surface area (Å²) in [7, 11) is 1.64. The zero-order valence-corrected chi connectivity index (χ0v) is 17.6. The van der Waals surface area contributed by atoms with Gasteiger partial charge in [-0.1, -0.05) is 30.3 Å². The number of benzene rings is 1. The van der Waals surface area contributed by atoms with Crippen LogP contribution in [0, 0.1) is 5.92 Å². The Morgan fingerprint density at radius 2 is 1.63 bits per heavy atom. The molecule has 1 aromatic carbocycles. The molecular formula is C23H28N4O3. The van der Waals surface area contributed by atoms with Crippen molar-refractivity contribution in [2.75, 3.05) is 33.3 Å². The van der Waals surface area contributed by atoms with Crippen LogP contribution in [0.5, 0.6) is 5.88 Å². The zero-order chi connectivity index (χ0) is 21.1. The predicted molar refractivity (Wildman–Crippen MR) is 113 cm³/mol. The van der Waals surface area contributed by atoms with E-state index in [1.165, 1.54) is 0 Å². The highest BCUT2D eigenvalue weighted by molar-refractivity contribution is 5.80. The predicted octanol–water partition coefficient (Wildman–Crippen LogP) is 2.34. The number of ether oxygens (including phenoxy) is 1. The number of rotatable bonds is 3. The van der Waals surface area contributed by atoms with Crippen molar-refractivity contribution in [3.63, 3.8) is 0 Å². The number of piperazine rings is 1. The molecule has 7 nitrogen and oxygen atoms in total. The standard InChI is InChI=1S/C23H28N4O3/c1-16(28)26-12-14-27(15-13-26)23(29)18-8-10-19-20(11-9-18)24-21(25-22(19)30-2)17-6-4-3-5-7-17/h3-7,18H,8-15H2,1-2H3. The highest BCUT2D eigenvalue weighted by atomic mass is 16.5. The van der Waals surface area contributed by atoms with Gasteiger partial charge in [-0.15, -0.1) is 0 Å². The Balaban J connectivity index is 1.49. The van der Waals surface area contributed by atoms with Crippen LogP contribution < -0.4 is 4.74 Å². The first-order chi connectivity index (χ1) is 14.6. The van der Waals surface area contributed by atoms with Crippen LogP contribution in [0.25, 0.3) is 11.4 Å². The van der Waals surface area contributed by atoms with E-state index in [0.717, 1.165) is 42.5 Å². The fraction of sp³-hybridized carbons (Fsp3) is 0.478. The number of methoxy groups -OCH3 is 1. The second-order valence-electron chi connectivity index (χ2n) is 7.95. The first-order valence-electron chi connectivity index (χ1n) is 10.6. The molecule has 30 heavy (non-hydrogen) atoms. The third-order valence-electron chi connectivity index (χ3n) is 6.14. The van der Waals surface area contributed by atoms with Crippen molar-refractivity contribution in [2.45, 2.75) is 32.6 Å². The quantitative estimate of drug-likeness (QED) is 0.729. The molecule has 2 aromatic rings. The van der Waals surface area contributed by atoms with Gasteiger partial charge in [0.25, 0.3) is 0 Å². The summed E-state index contributed by atoms with van der Waals surface area (Å²) >= 11 is 0. The lowest BCUT2D eigenvalue weighted by Gasteiger charge is -2.36. The van der Waals surface area contributed by atoms with Crippen molar-refractivity contribution >= 4 is 11.8 Å². The maximum absolute atomic E-state index is 13.1. The molecule has 0 N–H and O–H groups in total. The molecule has 1 aliphatic carbocycles. The van der Waals surface area contributed by atoms with Crippen LogP contribution >= 0.6 is 0 Å². The molecule has 0 spiro atoms. The molecule has 2 heterocycles. The average Bonchev–Trinajstić information content (AvgIpc) is 3.01. The number of nitrogens with zero attached hydrogens (tertiary/aromatic N) is 4. The Labute approximate surface area is 177 Å². The molecule has 1 fully saturated rings. The normalized spacial score (nSPS) is 19.1. The first kappa shape index (κ1) is 20.3. The fourth-order valence-corrected chi connectivity index (χ4v) is 4.37. The molecule has 1 aliphatic heterocycles. The van der Waals surface area contributed by atoms with Gasteiger partial charge < -0.3 is 14.5 Å². The van der Waals surface area contributed by atoms with Crippen LogP contribution in [0.1, 0.15) is 31.0 Å². The van der Waals surface area contributed by atoms with Crippen molar-refractivity contribution in [3.05, 3.63) is 41.6 Å². The maximum Gasteiger partial charge on any atom is 0.225 e. The lowest BCUT2D eigenvalue weighted by Crippen LogP contribution is -2.51. The van der Waals surface area contributed by atoms with Gasteiger partial charge in [0.2, 0.25) is 17.7 Å². The van der Waals surface area contributed by atoms with Gasteiger partial charge in [0.05, 0.1) is 12.8 Å². The molecule has 2 aliphatic rings. The molecule has 0 bridgehead atoms. The highest BCUT2D eigenvalue weighted by Crippen LogP contribution is 2.32. The Kier molecular flexibility index (Phi) is 5.97. The molecule has 0 saturated carbocycles. The summed E-state index contributed by atoms with van der Waals surface area (Å²) in [4.78, 5) is 37.8. The Morgan fingerprint density at radius 1 is 0.967 bits per heavy atom. The first-order valence-corrected chi connectivity index (χ1v) is 10.6. The van der Waals surface area contributed by atoms with Crippen LogP contribution in [0.15, 0.2) is 30.3 Å². The van der Waals surface area contributed by atoms with Gasteiger partial charge in [-0.05, 0) is 25.7 Å². The molecule has 1 aromatic heterocycles. The van der Waals surface area contributed by atoms with Crippen molar-refractivity contribution in [3.8, 4) is 17.3 Å². The molecule has 2 amide bonds. The van der Waals surface area contributed by atoms with Crippen LogP contribution in [0.2, 0.25) is 0 Å². The summed E-state index contributed by atoms with van der Waals surface area (Å²) in [6, 6.07) is 9.89. The van der Waals surface area contributed by atoms with Gasteiger partial charge in [-0.2, -0.15) is 4.98 Å². The summed E-state index contributed by atoms with van der Waals surface area (Å²) in [5, 5.41) is 0. The third kappa shape index (κ3) is 4.15. The monoisotopic (exact) mass is 408 g/mol. The fourth-order valence-electron chi connectivity index (χ4n) is 4.37. The Morgan fingerprint density at radius 3 is 2.30 bits per heavy atom. The van der Waals surface area contributed by atoms with E-state index >= 15 is 0 Å². The second kappa shape index (κ2) is 8.81. The summed E-state index contributed by atoms with van der Waals surface area (Å²) < 4.78 is 5.59. The summed E-state index contributed by atoms with van der Waals surface area (Å²) in [6.07, 6.45) is 3.01. The van der Waals surface area contributed by atoms with E-state index in [2.05, 4.69) is 4.98 Å². The summed E-state index contributed by atoms with van der Waals surface area (Å²) in [5.41, 5.74) is 2.96. The smallest absolute Gasteiger partial charge is 0.225 e. The van der Waals surface area contributed by atoms with E-state index in [-0.39, 0.29) is 17.7 Å². The molecule has 4 rings (SSSR count). The molecule has 7 heteroatoms. The highest BCUT2D eigenvalue weighted by Gasteiger charge is 2.31. The number of fused-ring (bicyclic) bond motifs is 1. The third-order valence-corrected chi connectivity index (χ3v) is 6.14. The van der Waals surface area contributed by atoms with E-state index in [0.29, 0.717) is 37.9 Å². The summed E-state index contributed by atoms with van der Waals surface area (Å²) in [6.45, 7) is 4.05. The minimum Gasteiger partial charge on any atom is -0.481 e. The Bertz CT molecular complexity index is 924. The zero-order valence-electron chi connectivity index (χ0n) is 17.6. The van der Waals surface area contributed by atoms with Gasteiger partial charge in [-0.25, -0.2) is 4.98 Å². The SMILES string of the molecule is COc1nc(-c2ccccc2)nc2c1CCC(C(=O)N1CCN(C(C)=O)CC1)CC2. The van der Waals surface area contributed by atoms with E-state index < -0.39 is 0 Å². The number of hydrogen-bond acceptors (Lipinski definition) is 5. The van der Waals surface area contributed by atoms with Crippen molar-refractivity contribution in [1.29, 1.82) is 0 Å². The van der Waals surface area contributed by atoms with E-state index in [4.69, 9.17) is 9.72 Å². The molecule has 1 saturated heterocycles. The number of carbonyl (C=O) groups excluding carboxylic acids is 2. The van der Waals surface area contributed by atoms with Crippen LogP contribution in [0.3, 0.4) is 0 Å². The molecule has 1 unspecified atom stereocenters. The number of hydrogen-bond donors (Lipinski definition) is 0. The maximum atomic E-state index is 13.1. The Hall–Kier alpha value is -2.96. The van der Waals surface area contributed by atoms with Crippen LogP contribution in [0.4, 0.5) is 0 Å². The largest absolute Gasteiger partial charge is 0.481 e. The second-order valence-corrected chi connectivity index (χ2v) is 7.95. The number of carbonyl (C=O) groups is 2. The number of amides is 2. The van der Waals surface area contributed by atoms with Crippen LogP contribution in [-0.4, -0.2) is 64.9 Å².